The van der Waals surface area contributed by atoms with Gasteiger partial charge < -0.3 is 15.5 Å². The molecule has 1 heterocycles. The van der Waals surface area contributed by atoms with E-state index < -0.39 is 0 Å². The first-order chi connectivity index (χ1) is 10.4. The van der Waals surface area contributed by atoms with Crippen LogP contribution in [0.5, 0.6) is 0 Å². The molecule has 0 saturated carbocycles. The molecule has 0 radical (unpaired) electrons. The summed E-state index contributed by atoms with van der Waals surface area (Å²) in [5.41, 5.74) is 0.527. The molecule has 0 atom stereocenters. The van der Waals surface area contributed by atoms with Gasteiger partial charge in [-0.1, -0.05) is 19.9 Å². The second kappa shape index (κ2) is 9.15. The predicted octanol–water partition coefficient (Wildman–Crippen LogP) is 1.15. The van der Waals surface area contributed by atoms with Gasteiger partial charge in [-0.05, 0) is 38.6 Å². The smallest absolute Gasteiger partial charge is 0.269 e. The molecule has 0 aliphatic rings. The fourth-order valence-corrected chi connectivity index (χ4v) is 1.74. The van der Waals surface area contributed by atoms with Crippen molar-refractivity contribution in [1.82, 2.24) is 20.5 Å². The van der Waals surface area contributed by atoms with Gasteiger partial charge in [0.15, 0.2) is 0 Å². The van der Waals surface area contributed by atoms with E-state index in [9.17, 15) is 9.59 Å². The van der Waals surface area contributed by atoms with E-state index in [1.807, 2.05) is 19.0 Å². The van der Waals surface area contributed by atoms with Crippen molar-refractivity contribution < 1.29 is 9.59 Å². The summed E-state index contributed by atoms with van der Waals surface area (Å²) in [6, 6.07) is 4.89. The van der Waals surface area contributed by atoms with Crippen molar-refractivity contribution in [3.05, 3.63) is 29.6 Å². The number of nitrogens with zero attached hydrogens (tertiary/aromatic N) is 2. The van der Waals surface area contributed by atoms with Gasteiger partial charge >= 0.3 is 0 Å². The lowest BCUT2D eigenvalue weighted by atomic mass is 10.1. The fraction of sp³-hybridized carbons (Fsp3) is 0.562. The lowest BCUT2D eigenvalue weighted by molar-refractivity contribution is 0.0942. The van der Waals surface area contributed by atoms with E-state index in [0.717, 1.165) is 13.0 Å². The summed E-state index contributed by atoms with van der Waals surface area (Å²) in [4.78, 5) is 30.1. The van der Waals surface area contributed by atoms with E-state index >= 15 is 0 Å². The molecule has 0 unspecified atom stereocenters. The first-order valence-electron chi connectivity index (χ1n) is 7.58. The lowest BCUT2D eigenvalue weighted by Gasteiger charge is -2.10. The topological polar surface area (TPSA) is 74.3 Å². The van der Waals surface area contributed by atoms with Crippen molar-refractivity contribution in [1.29, 1.82) is 0 Å². The Balaban J connectivity index is 2.57. The highest BCUT2D eigenvalue weighted by Crippen LogP contribution is 2.01. The van der Waals surface area contributed by atoms with E-state index in [0.29, 0.717) is 19.0 Å². The molecule has 0 fully saturated rings. The van der Waals surface area contributed by atoms with Crippen LogP contribution in [0.3, 0.4) is 0 Å². The molecule has 6 nitrogen and oxygen atoms in total. The van der Waals surface area contributed by atoms with Crippen molar-refractivity contribution in [3.63, 3.8) is 0 Å². The normalized spacial score (nSPS) is 10.8. The predicted molar refractivity (Wildman–Crippen MR) is 86.9 cm³/mol. The van der Waals surface area contributed by atoms with Gasteiger partial charge in [0.2, 0.25) is 0 Å². The van der Waals surface area contributed by atoms with E-state index in [4.69, 9.17) is 0 Å². The summed E-state index contributed by atoms with van der Waals surface area (Å²) in [7, 11) is 3.87. The third-order valence-electron chi connectivity index (χ3n) is 3.07. The maximum Gasteiger partial charge on any atom is 0.269 e. The molecule has 0 spiro atoms. The third-order valence-corrected chi connectivity index (χ3v) is 3.07. The van der Waals surface area contributed by atoms with Crippen molar-refractivity contribution in [2.24, 2.45) is 5.92 Å². The fourth-order valence-electron chi connectivity index (χ4n) is 1.74. The summed E-state index contributed by atoms with van der Waals surface area (Å²) in [6.07, 6.45) is 0.913. The number of likely N-dealkylation sites (N-methyl/N-ethyl adjacent to an activating group) is 1. The number of carbonyl (C=O) groups excluding carboxylic acids is 2. The number of carbonyl (C=O) groups is 2. The highest BCUT2D eigenvalue weighted by molar-refractivity contribution is 5.96. The highest BCUT2D eigenvalue weighted by atomic mass is 16.2. The van der Waals surface area contributed by atoms with Crippen LogP contribution in [0.15, 0.2) is 18.2 Å². The molecule has 22 heavy (non-hydrogen) atoms. The molecule has 0 aliphatic carbocycles. The van der Waals surface area contributed by atoms with Crippen LogP contribution in [0.2, 0.25) is 0 Å². The van der Waals surface area contributed by atoms with Crippen LogP contribution < -0.4 is 10.6 Å². The molecule has 0 aromatic carbocycles. The summed E-state index contributed by atoms with van der Waals surface area (Å²) in [5, 5.41) is 5.59. The largest absolute Gasteiger partial charge is 0.351 e. The number of aromatic nitrogens is 1. The summed E-state index contributed by atoms with van der Waals surface area (Å²) < 4.78 is 0. The summed E-state index contributed by atoms with van der Waals surface area (Å²) in [5.74, 6) is 0.0179. The maximum atomic E-state index is 12.0. The second-order valence-corrected chi connectivity index (χ2v) is 5.91. The van der Waals surface area contributed by atoms with E-state index in [1.165, 1.54) is 0 Å². The van der Waals surface area contributed by atoms with E-state index in [1.54, 1.807) is 18.2 Å². The Labute approximate surface area is 132 Å². The molecular weight excluding hydrogens is 280 g/mol. The summed E-state index contributed by atoms with van der Waals surface area (Å²) >= 11 is 0. The monoisotopic (exact) mass is 306 g/mol. The highest BCUT2D eigenvalue weighted by Gasteiger charge is 2.12. The minimum Gasteiger partial charge on any atom is -0.351 e. The molecule has 1 aromatic rings. The zero-order valence-corrected chi connectivity index (χ0v) is 13.8. The van der Waals surface area contributed by atoms with Crippen LogP contribution in [0, 0.1) is 5.92 Å². The van der Waals surface area contributed by atoms with Gasteiger partial charge in [0, 0.05) is 19.6 Å². The number of hydrogen-bond donors (Lipinski definition) is 2. The Morgan fingerprint density at radius 1 is 1.09 bits per heavy atom. The average molecular weight is 306 g/mol. The first kappa shape index (κ1) is 18.1. The van der Waals surface area contributed by atoms with Crippen LogP contribution in [-0.4, -0.2) is 55.4 Å². The van der Waals surface area contributed by atoms with Crippen LogP contribution in [0.4, 0.5) is 0 Å². The molecule has 122 valence electrons. The Kier molecular flexibility index (Phi) is 7.52. The van der Waals surface area contributed by atoms with Crippen molar-refractivity contribution in [2.45, 2.75) is 20.3 Å². The molecule has 0 aliphatic heterocycles. The Morgan fingerprint density at radius 2 is 1.64 bits per heavy atom. The standard InChI is InChI=1S/C16H26N4O2/c1-12(2)8-9-17-15(21)13-6-5-7-14(19-13)16(22)18-10-11-20(3)4/h5-7,12H,8-11H2,1-4H3,(H,17,21)(H,18,22). The van der Waals surface area contributed by atoms with Crippen LogP contribution >= 0.6 is 0 Å². The van der Waals surface area contributed by atoms with E-state index in [2.05, 4.69) is 29.5 Å². The molecular formula is C16H26N4O2. The number of pyridine rings is 1. The molecule has 0 saturated heterocycles. The number of hydrogen-bond acceptors (Lipinski definition) is 4. The molecule has 2 N–H and O–H groups in total. The quantitative estimate of drug-likeness (QED) is 0.755. The number of rotatable bonds is 8. The van der Waals surface area contributed by atoms with Crippen molar-refractivity contribution in [3.8, 4) is 0 Å². The summed E-state index contributed by atoms with van der Waals surface area (Å²) in [6.45, 7) is 6.10. The molecule has 6 heteroatoms. The van der Waals surface area contributed by atoms with Gasteiger partial charge in [0.05, 0.1) is 0 Å². The number of amides is 2. The van der Waals surface area contributed by atoms with Crippen molar-refractivity contribution in [2.75, 3.05) is 33.7 Å². The third kappa shape index (κ3) is 6.67. The SMILES string of the molecule is CC(C)CCNC(=O)c1cccc(C(=O)NCCN(C)C)n1. The zero-order chi connectivity index (χ0) is 16.5. The average Bonchev–Trinajstić information content (AvgIpc) is 2.46. The van der Waals surface area contributed by atoms with Gasteiger partial charge in [0.1, 0.15) is 11.4 Å². The van der Waals surface area contributed by atoms with Gasteiger partial charge in [-0.2, -0.15) is 0 Å². The van der Waals surface area contributed by atoms with Gasteiger partial charge in [-0.25, -0.2) is 4.98 Å². The zero-order valence-electron chi connectivity index (χ0n) is 13.8. The Hall–Kier alpha value is -1.95. The number of nitrogens with one attached hydrogen (secondary N) is 2. The molecule has 2 amide bonds. The minimum atomic E-state index is -0.265. The van der Waals surface area contributed by atoms with Crippen molar-refractivity contribution >= 4 is 11.8 Å². The molecule has 1 aromatic heterocycles. The molecule has 0 bridgehead atoms. The van der Waals surface area contributed by atoms with Gasteiger partial charge in [0.25, 0.3) is 11.8 Å². The first-order valence-corrected chi connectivity index (χ1v) is 7.58. The van der Waals surface area contributed by atoms with Crippen LogP contribution in [0.25, 0.3) is 0 Å². The van der Waals surface area contributed by atoms with E-state index in [-0.39, 0.29) is 23.2 Å². The second-order valence-electron chi connectivity index (χ2n) is 5.91. The van der Waals surface area contributed by atoms with Crippen LogP contribution in [0.1, 0.15) is 41.2 Å². The Morgan fingerprint density at radius 3 is 2.14 bits per heavy atom. The molecule has 1 rings (SSSR count). The lowest BCUT2D eigenvalue weighted by Crippen LogP contribution is -2.32. The van der Waals surface area contributed by atoms with Crippen LogP contribution in [-0.2, 0) is 0 Å². The minimum absolute atomic E-state index is 0.247. The maximum absolute atomic E-state index is 12.0. The van der Waals surface area contributed by atoms with Gasteiger partial charge in [-0.15, -0.1) is 0 Å². The Bertz CT molecular complexity index is 459. The van der Waals surface area contributed by atoms with Gasteiger partial charge in [-0.3, -0.25) is 9.59 Å².